The minimum absolute atomic E-state index is 0.141. The van der Waals surface area contributed by atoms with Gasteiger partial charge in [-0.2, -0.15) is 0 Å². The Labute approximate surface area is 161 Å². The molecule has 2 rings (SSSR count). The number of rotatable bonds is 5. The summed E-state index contributed by atoms with van der Waals surface area (Å²) in [6, 6.07) is -0.871. The van der Waals surface area contributed by atoms with E-state index >= 15 is 0 Å². The second-order valence-corrected chi connectivity index (χ2v) is 5.69. The van der Waals surface area contributed by atoms with Crippen LogP contribution in [0.3, 0.4) is 0 Å². The smallest absolute Gasteiger partial charge is 0.355 e. The Hall–Kier alpha value is -3.36. The predicted octanol–water partition coefficient (Wildman–Crippen LogP) is 0.777. The van der Waals surface area contributed by atoms with Crippen LogP contribution in [0.4, 0.5) is 0 Å². The monoisotopic (exact) mass is 391 g/mol. The van der Waals surface area contributed by atoms with Crippen molar-refractivity contribution in [3.05, 3.63) is 46.3 Å². The minimum Gasteiger partial charge on any atom is -0.466 e. The molecule has 2 heterocycles. The van der Waals surface area contributed by atoms with Gasteiger partial charge in [0, 0.05) is 5.70 Å². The fourth-order valence-electron chi connectivity index (χ4n) is 3.18. The highest BCUT2D eigenvalue weighted by molar-refractivity contribution is 6.16. The maximum Gasteiger partial charge on any atom is 0.355 e. The Bertz CT molecular complexity index is 846. The maximum absolute atomic E-state index is 12.6. The van der Waals surface area contributed by atoms with Crippen LogP contribution in [0, 0.1) is 0 Å². The van der Waals surface area contributed by atoms with Crippen LogP contribution in [0.2, 0.25) is 0 Å². The number of methoxy groups -OCH3 is 4. The highest BCUT2D eigenvalue weighted by Gasteiger charge is 2.47. The van der Waals surface area contributed by atoms with Crippen molar-refractivity contribution < 1.29 is 38.1 Å². The molecule has 0 aromatic heterocycles. The Morgan fingerprint density at radius 2 is 1.39 bits per heavy atom. The molecule has 0 aromatic carbocycles. The van der Waals surface area contributed by atoms with Crippen molar-refractivity contribution in [1.82, 2.24) is 4.90 Å². The van der Waals surface area contributed by atoms with Gasteiger partial charge in [0.1, 0.15) is 11.3 Å². The molecule has 0 saturated heterocycles. The Kier molecular flexibility index (Phi) is 6.40. The van der Waals surface area contributed by atoms with Crippen LogP contribution in [-0.2, 0) is 38.1 Å². The Morgan fingerprint density at radius 1 is 0.857 bits per heavy atom. The fourth-order valence-corrected chi connectivity index (χ4v) is 3.18. The van der Waals surface area contributed by atoms with E-state index in [0.717, 1.165) is 28.4 Å². The van der Waals surface area contributed by atoms with Crippen LogP contribution < -0.4 is 0 Å². The molecular weight excluding hydrogens is 370 g/mol. The standard InChI is InChI=1S/C19H21NO8/c1-6-10-8-7-9-11-12(16(21)25-2)13(17(22)26-3)14(18(23)27-4)15(20(10)11)19(24)28-5/h7-9,11H,6H2,1-5H3. The lowest BCUT2D eigenvalue weighted by Crippen LogP contribution is -2.46. The number of carbonyl (C=O) groups excluding carboxylic acids is 4. The first-order chi connectivity index (χ1) is 13.4. The van der Waals surface area contributed by atoms with Gasteiger partial charge in [-0.15, -0.1) is 0 Å². The third kappa shape index (κ3) is 3.30. The van der Waals surface area contributed by atoms with E-state index in [4.69, 9.17) is 18.9 Å². The average molecular weight is 391 g/mol. The summed E-state index contributed by atoms with van der Waals surface area (Å²) in [6.07, 6.45) is 5.49. The van der Waals surface area contributed by atoms with Gasteiger partial charge in [0.05, 0.1) is 45.6 Å². The second-order valence-electron chi connectivity index (χ2n) is 5.69. The fraction of sp³-hybridized carbons (Fsp3) is 0.368. The van der Waals surface area contributed by atoms with Gasteiger partial charge in [-0.25, -0.2) is 19.2 Å². The largest absolute Gasteiger partial charge is 0.466 e. The van der Waals surface area contributed by atoms with Crippen molar-refractivity contribution in [3.8, 4) is 0 Å². The van der Waals surface area contributed by atoms with Crippen LogP contribution in [0.15, 0.2) is 46.3 Å². The summed E-state index contributed by atoms with van der Waals surface area (Å²) < 4.78 is 19.3. The van der Waals surface area contributed by atoms with Gasteiger partial charge < -0.3 is 23.8 Å². The number of carbonyl (C=O) groups is 4. The van der Waals surface area contributed by atoms with E-state index in [1.54, 1.807) is 18.2 Å². The SMILES string of the molecule is CCC1=CC=CC2C(C(=O)OC)=C(C(=O)OC)C(C(=O)OC)=C(C(=O)OC)N12. The summed E-state index contributed by atoms with van der Waals surface area (Å²) in [4.78, 5) is 51.9. The quantitative estimate of drug-likeness (QED) is 0.496. The molecule has 0 aliphatic carbocycles. The van der Waals surface area contributed by atoms with Gasteiger partial charge in [0.25, 0.3) is 0 Å². The van der Waals surface area contributed by atoms with Crippen LogP contribution in [0.25, 0.3) is 0 Å². The van der Waals surface area contributed by atoms with Crippen molar-refractivity contribution in [2.24, 2.45) is 0 Å². The van der Waals surface area contributed by atoms with Crippen molar-refractivity contribution in [2.75, 3.05) is 28.4 Å². The van der Waals surface area contributed by atoms with E-state index in [2.05, 4.69) is 0 Å². The van der Waals surface area contributed by atoms with Crippen LogP contribution >= 0.6 is 0 Å². The highest BCUT2D eigenvalue weighted by Crippen LogP contribution is 2.40. The molecule has 2 aliphatic rings. The topological polar surface area (TPSA) is 108 Å². The van der Waals surface area contributed by atoms with Gasteiger partial charge in [0.15, 0.2) is 0 Å². The molecule has 0 amide bonds. The molecule has 0 fully saturated rings. The summed E-state index contributed by atoms with van der Waals surface area (Å²) >= 11 is 0. The summed E-state index contributed by atoms with van der Waals surface area (Å²) in [7, 11) is 4.48. The number of hydrogen-bond acceptors (Lipinski definition) is 9. The zero-order valence-corrected chi connectivity index (χ0v) is 16.2. The van der Waals surface area contributed by atoms with Crippen molar-refractivity contribution in [3.63, 3.8) is 0 Å². The van der Waals surface area contributed by atoms with Crippen LogP contribution in [0.1, 0.15) is 13.3 Å². The van der Waals surface area contributed by atoms with E-state index in [0.29, 0.717) is 12.1 Å². The number of allylic oxidation sites excluding steroid dienone is 3. The van der Waals surface area contributed by atoms with Gasteiger partial charge in [-0.05, 0) is 12.5 Å². The normalized spacial score (nSPS) is 18.2. The lowest BCUT2D eigenvalue weighted by Gasteiger charge is -2.40. The summed E-state index contributed by atoms with van der Waals surface area (Å²) in [5, 5.41) is 0. The number of esters is 4. The molecule has 0 radical (unpaired) electrons. The number of hydrogen-bond donors (Lipinski definition) is 0. The molecule has 0 N–H and O–H groups in total. The molecule has 1 atom stereocenters. The molecule has 9 heteroatoms. The van der Waals surface area contributed by atoms with Crippen LogP contribution in [-0.4, -0.2) is 63.3 Å². The summed E-state index contributed by atoms with van der Waals surface area (Å²) in [5.41, 5.74) is -0.556. The summed E-state index contributed by atoms with van der Waals surface area (Å²) in [5.74, 6) is -3.69. The van der Waals surface area contributed by atoms with E-state index < -0.39 is 41.1 Å². The van der Waals surface area contributed by atoms with Gasteiger partial charge >= 0.3 is 23.9 Å². The predicted molar refractivity (Wildman–Crippen MR) is 95.3 cm³/mol. The molecule has 0 aromatic rings. The van der Waals surface area contributed by atoms with E-state index in [1.807, 2.05) is 6.92 Å². The molecule has 9 nitrogen and oxygen atoms in total. The molecule has 0 saturated carbocycles. The third-order valence-corrected chi connectivity index (χ3v) is 4.39. The van der Waals surface area contributed by atoms with Crippen molar-refractivity contribution in [2.45, 2.75) is 19.4 Å². The molecule has 0 spiro atoms. The molecule has 150 valence electrons. The lowest BCUT2D eigenvalue weighted by molar-refractivity contribution is -0.143. The van der Waals surface area contributed by atoms with Crippen molar-refractivity contribution in [1.29, 1.82) is 0 Å². The number of fused-ring (bicyclic) bond motifs is 1. The Balaban J connectivity index is 3.00. The minimum atomic E-state index is -0.995. The van der Waals surface area contributed by atoms with E-state index in [1.165, 1.54) is 4.90 Å². The average Bonchev–Trinajstić information content (AvgIpc) is 2.74. The van der Waals surface area contributed by atoms with Gasteiger partial charge in [0.2, 0.25) is 0 Å². The third-order valence-electron chi connectivity index (χ3n) is 4.39. The zero-order chi connectivity index (χ0) is 21.0. The lowest BCUT2D eigenvalue weighted by atomic mass is 9.85. The van der Waals surface area contributed by atoms with Gasteiger partial charge in [-0.3, -0.25) is 0 Å². The Morgan fingerprint density at radius 3 is 1.89 bits per heavy atom. The van der Waals surface area contributed by atoms with Crippen LogP contribution in [0.5, 0.6) is 0 Å². The number of nitrogens with zero attached hydrogens (tertiary/aromatic N) is 1. The van der Waals surface area contributed by atoms with Gasteiger partial charge in [-0.1, -0.05) is 19.1 Å². The zero-order valence-electron chi connectivity index (χ0n) is 16.2. The second kappa shape index (κ2) is 8.55. The maximum atomic E-state index is 12.6. The molecule has 2 aliphatic heterocycles. The molecule has 0 bridgehead atoms. The molecule has 1 unspecified atom stereocenters. The molecule has 28 heavy (non-hydrogen) atoms. The first kappa shape index (κ1) is 20.9. The summed E-state index contributed by atoms with van der Waals surface area (Å²) in [6.45, 7) is 1.84. The van der Waals surface area contributed by atoms with Crippen molar-refractivity contribution >= 4 is 23.9 Å². The van der Waals surface area contributed by atoms with E-state index in [-0.39, 0.29) is 11.3 Å². The number of ether oxygens (including phenoxy) is 4. The first-order valence-electron chi connectivity index (χ1n) is 8.36. The molecular formula is C19H21NO8. The first-order valence-corrected chi connectivity index (χ1v) is 8.36. The highest BCUT2D eigenvalue weighted by atomic mass is 16.5. The van der Waals surface area contributed by atoms with E-state index in [9.17, 15) is 19.2 Å².